The van der Waals surface area contributed by atoms with Gasteiger partial charge in [0, 0.05) is 80.5 Å². The lowest BCUT2D eigenvalue weighted by Gasteiger charge is -2.72. The molecule has 7 saturated carbocycles. The Labute approximate surface area is 457 Å². The Hall–Kier alpha value is 4.49. The minimum absolute atomic E-state index is 0.232. The maximum absolute atomic E-state index is 7.18. The SMILES string of the molecule is CCO[Si](OCC)(OCC)SS(SS)(C1CC2CCC1C2)C1CCCC1(S(SS)(S[Si](OCC)(OCC)OCC)C1CC2CCC1C2)S(SS)(S[Si](OCC)(OCC)OCC)C1CC2CCC1C2. The molecule has 0 aromatic heterocycles. The van der Waals surface area contributed by atoms with Crippen LogP contribution in [0.1, 0.15) is 159 Å². The third-order valence-corrected chi connectivity index (χ3v) is 83.0. The van der Waals surface area contributed by atoms with Crippen LogP contribution in [-0.4, -0.2) is 108 Å². The Morgan fingerprint density at radius 1 is 0.412 bits per heavy atom. The van der Waals surface area contributed by atoms with Gasteiger partial charge in [-0.3, -0.25) is 0 Å². The zero-order valence-corrected chi connectivity index (χ0v) is 55.5. The fourth-order valence-corrected chi connectivity index (χ4v) is 106. The van der Waals surface area contributed by atoms with Crippen molar-refractivity contribution in [3.63, 3.8) is 0 Å². The van der Waals surface area contributed by atoms with Gasteiger partial charge < -0.3 is 39.8 Å². The van der Waals surface area contributed by atoms with E-state index in [-0.39, 0.29) is 9.33 Å². The van der Waals surface area contributed by atoms with Crippen molar-refractivity contribution in [2.24, 2.45) is 35.5 Å². The molecule has 0 N–H and O–H groups in total. The van der Waals surface area contributed by atoms with Crippen LogP contribution in [0.4, 0.5) is 0 Å². The summed E-state index contributed by atoms with van der Waals surface area (Å²) < 4.78 is 64.0. The van der Waals surface area contributed by atoms with E-state index in [1.165, 1.54) is 77.0 Å². The molecule has 7 aliphatic rings. The van der Waals surface area contributed by atoms with Gasteiger partial charge in [0.05, 0.1) is 4.08 Å². The average Bonchev–Trinajstić information content (AvgIpc) is 4.21. The molecule has 13 unspecified atom stereocenters. The van der Waals surface area contributed by atoms with Gasteiger partial charge in [-0.25, -0.2) is 0 Å². The number of hydrogen-bond donors (Lipinski definition) is 3. The summed E-state index contributed by atoms with van der Waals surface area (Å²) in [6.45, 7) is 24.0. The molecule has 0 radical (unpaired) electrons. The number of hydrogen-bond acceptors (Lipinski definition) is 18. The monoisotopic (exact) mass is 1230 g/mol. The summed E-state index contributed by atoms with van der Waals surface area (Å²) in [5.41, 5.74) is 0. The molecule has 0 aromatic rings. The van der Waals surface area contributed by atoms with Gasteiger partial charge in [-0.1, -0.05) is 19.3 Å². The molecule has 7 fully saturated rings. The van der Waals surface area contributed by atoms with E-state index in [9.17, 15) is 0 Å². The zero-order chi connectivity index (χ0) is 48.9. The molecule has 0 aliphatic heterocycles. The summed E-state index contributed by atoms with van der Waals surface area (Å²) in [6, 6.07) is 0. The quantitative estimate of drug-likeness (QED) is 0.0331. The van der Waals surface area contributed by atoms with Crippen molar-refractivity contribution >= 4 is 143 Å². The van der Waals surface area contributed by atoms with E-state index >= 15 is 0 Å². The predicted octanol–water partition coefficient (Wildman–Crippen LogP) is 16.3. The molecule has 7 aliphatic carbocycles. The van der Waals surface area contributed by atoms with Crippen molar-refractivity contribution in [2.45, 2.75) is 184 Å². The van der Waals surface area contributed by atoms with Crippen LogP contribution in [0.15, 0.2) is 0 Å². The molecule has 0 heterocycles. The first-order chi connectivity index (χ1) is 32.9. The Morgan fingerprint density at radius 3 is 1.00 bits per heavy atom. The summed E-state index contributed by atoms with van der Waals surface area (Å²) in [6.07, 6.45) is 18.7. The van der Waals surface area contributed by atoms with Crippen molar-refractivity contribution in [1.82, 2.24) is 0 Å². The van der Waals surface area contributed by atoms with E-state index in [1.54, 1.807) is 0 Å². The van der Waals surface area contributed by atoms with Crippen LogP contribution in [-0.2, 0) is 39.8 Å². The number of rotatable bonds is 33. The third kappa shape index (κ3) is 11.3. The molecule has 0 saturated heterocycles. The highest BCUT2D eigenvalue weighted by molar-refractivity contribution is 9.47. The molecule has 9 nitrogen and oxygen atoms in total. The molecule has 68 heavy (non-hydrogen) atoms. The van der Waals surface area contributed by atoms with Gasteiger partial charge >= 0.3 is 23.9 Å². The van der Waals surface area contributed by atoms with E-state index in [1.807, 2.05) is 29.5 Å². The second kappa shape index (κ2) is 26.6. The van der Waals surface area contributed by atoms with E-state index in [4.69, 9.17) is 74.8 Å². The lowest BCUT2D eigenvalue weighted by Crippen LogP contribution is -2.57. The first-order valence-corrected chi connectivity index (χ1v) is 49.9. The summed E-state index contributed by atoms with van der Waals surface area (Å²) in [7, 11) is -4.26. The van der Waals surface area contributed by atoms with Crippen LogP contribution < -0.4 is 0 Å². The highest BCUT2D eigenvalue weighted by atomic mass is 33.8. The van der Waals surface area contributed by atoms with Gasteiger partial charge in [0.2, 0.25) is 0 Å². The summed E-state index contributed by atoms with van der Waals surface area (Å²) >= 11 is 17.6. The van der Waals surface area contributed by atoms with Crippen LogP contribution >= 0.6 is 119 Å². The van der Waals surface area contributed by atoms with Crippen molar-refractivity contribution in [3.05, 3.63) is 0 Å². The maximum Gasteiger partial charge on any atom is 0.583 e. The number of thiol groups is 3. The van der Waals surface area contributed by atoms with Crippen LogP contribution in [0.3, 0.4) is 0 Å². The van der Waals surface area contributed by atoms with E-state index in [0.29, 0.717) is 93.0 Å². The molecular weight excluding hydrogens is 1140 g/mol. The van der Waals surface area contributed by atoms with Gasteiger partial charge in [0.25, 0.3) is 0 Å². The maximum atomic E-state index is 7.18. The molecular formula is C44H88O9S12Si3. The summed E-state index contributed by atoms with van der Waals surface area (Å²) in [4.78, 5) is 0. The standard InChI is InChI=1S/C44H88O9S12Si3/c1-10-45-66(46-11-2,47-12-3)60-63(57-54,40-31-34-21-24-37(40)28-34)43-20-19-27-44(43,64(58-55,41-32-35-22-25-38(41)29-35)61-67(48-13-4,49-14-5)50-15-6)65(59-56,42-33-36-23-26-39(42)30-36)62-68(51-16-7,52-17-8)53-18-9/h34-43,54-56H,10-33H2,1-9H3. The van der Waals surface area contributed by atoms with Crippen molar-refractivity contribution in [1.29, 1.82) is 0 Å². The highest BCUT2D eigenvalue weighted by Gasteiger charge is 2.79. The molecule has 7 rings (SSSR count). The van der Waals surface area contributed by atoms with Crippen molar-refractivity contribution in [3.8, 4) is 0 Å². The molecule has 6 bridgehead atoms. The topological polar surface area (TPSA) is 83.1 Å². The second-order valence-electron chi connectivity index (χ2n) is 19.4. The van der Waals surface area contributed by atoms with E-state index in [0.717, 1.165) is 37.0 Å². The Balaban J connectivity index is 1.65. The minimum Gasteiger partial charge on any atom is -0.365 e. The Kier molecular flexibility index (Phi) is 23.6. The second-order valence-corrected chi connectivity index (χ2v) is 60.8. The van der Waals surface area contributed by atoms with Crippen LogP contribution in [0.2, 0.25) is 0 Å². The van der Waals surface area contributed by atoms with Gasteiger partial charge in [-0.2, -0.15) is 0 Å². The summed E-state index contributed by atoms with van der Waals surface area (Å²) in [5, 5.41) is 1.56. The smallest absolute Gasteiger partial charge is 0.365 e. The predicted molar refractivity (Wildman–Crippen MR) is 325 cm³/mol. The molecule has 0 spiro atoms. The van der Waals surface area contributed by atoms with Crippen LogP contribution in [0.5, 0.6) is 0 Å². The van der Waals surface area contributed by atoms with Crippen molar-refractivity contribution < 1.29 is 39.8 Å². The number of fused-ring (bicyclic) bond motifs is 6. The normalized spacial score (nSPS) is 36.5. The first kappa shape index (κ1) is 60.1. The van der Waals surface area contributed by atoms with Gasteiger partial charge in [0.1, 0.15) is 0 Å². The molecule has 0 amide bonds. The van der Waals surface area contributed by atoms with Gasteiger partial charge in [-0.15, -0.1) is 59.3 Å². The third-order valence-electron chi connectivity index (χ3n) is 16.0. The van der Waals surface area contributed by atoms with E-state index in [2.05, 4.69) is 93.0 Å². The minimum atomic E-state index is -3.46. The van der Waals surface area contributed by atoms with Crippen LogP contribution in [0, 0.1) is 35.5 Å². The molecule has 13 atom stereocenters. The fourth-order valence-electron chi connectivity index (χ4n) is 14.0. The largest absolute Gasteiger partial charge is 0.583 e. The average molecular weight is 1230 g/mol. The molecule has 402 valence electrons. The van der Waals surface area contributed by atoms with Crippen molar-refractivity contribution in [2.75, 3.05) is 59.5 Å². The van der Waals surface area contributed by atoms with Crippen LogP contribution in [0.25, 0.3) is 0 Å². The fraction of sp³-hybridized carbons (Fsp3) is 1.00. The first-order valence-electron chi connectivity index (χ1n) is 26.2. The highest BCUT2D eigenvalue weighted by Crippen LogP contribution is 3.05. The van der Waals surface area contributed by atoms with Gasteiger partial charge in [-0.05, 0) is 235 Å². The Morgan fingerprint density at radius 2 is 0.735 bits per heavy atom. The van der Waals surface area contributed by atoms with E-state index < -0.39 is 48.1 Å². The van der Waals surface area contributed by atoms with Gasteiger partial charge in [0.15, 0.2) is 0 Å². The molecule has 24 heteroatoms. The molecule has 0 aromatic carbocycles. The summed E-state index contributed by atoms with van der Waals surface area (Å²) in [5.74, 6) is 4.01. The Bertz CT molecular complexity index is 1480. The zero-order valence-electron chi connectivity index (χ0n) is 42.4. The lowest BCUT2D eigenvalue weighted by atomic mass is 10.0. The lowest BCUT2D eigenvalue weighted by molar-refractivity contribution is 0.0963.